The maximum atomic E-state index is 12.2. The summed E-state index contributed by atoms with van der Waals surface area (Å²) < 4.78 is 36.7. The third-order valence-corrected chi connectivity index (χ3v) is 2.55. The van der Waals surface area contributed by atoms with Crippen LogP contribution in [0.1, 0.15) is 12.8 Å². The summed E-state index contributed by atoms with van der Waals surface area (Å²) in [5.74, 6) is 0. The molecule has 6 heteroatoms. The number of nitriles is 1. The first-order valence-corrected chi connectivity index (χ1v) is 4.29. The number of alkyl halides is 3. The molecule has 0 aromatic carbocycles. The van der Waals surface area contributed by atoms with E-state index >= 15 is 0 Å². The number of piperidine rings is 1. The zero-order valence-electron chi connectivity index (χ0n) is 7.43. The molecule has 0 aromatic rings. The highest BCUT2D eigenvalue weighted by Gasteiger charge is 2.53. The van der Waals surface area contributed by atoms with Gasteiger partial charge in [0.15, 0.2) is 6.10 Å². The monoisotopic (exact) mass is 208 g/mol. The van der Waals surface area contributed by atoms with E-state index in [9.17, 15) is 13.2 Å². The molecule has 1 saturated heterocycles. The third-order valence-electron chi connectivity index (χ3n) is 2.55. The number of hydrogen-bond acceptors (Lipinski definition) is 3. The first kappa shape index (κ1) is 11.3. The van der Waals surface area contributed by atoms with Gasteiger partial charge in [-0.25, -0.2) is 0 Å². The first-order valence-electron chi connectivity index (χ1n) is 4.29. The topological polar surface area (TPSA) is 56.0 Å². The van der Waals surface area contributed by atoms with E-state index in [4.69, 9.17) is 10.4 Å². The third kappa shape index (κ3) is 1.99. The summed E-state index contributed by atoms with van der Waals surface area (Å²) in [6.45, 7) is 0.668. The second kappa shape index (κ2) is 3.75. The molecule has 2 N–H and O–H groups in total. The molecule has 0 aromatic heterocycles. The van der Waals surface area contributed by atoms with Gasteiger partial charge in [-0.05, 0) is 25.9 Å². The van der Waals surface area contributed by atoms with E-state index in [0.29, 0.717) is 13.1 Å². The van der Waals surface area contributed by atoms with Gasteiger partial charge in [-0.2, -0.15) is 18.4 Å². The van der Waals surface area contributed by atoms with E-state index in [1.165, 1.54) is 0 Å². The van der Waals surface area contributed by atoms with E-state index in [1.54, 1.807) is 6.07 Å². The number of nitrogens with one attached hydrogen (secondary N) is 1. The van der Waals surface area contributed by atoms with Crippen molar-refractivity contribution in [1.82, 2.24) is 5.32 Å². The molecule has 1 unspecified atom stereocenters. The molecule has 3 nitrogen and oxygen atoms in total. The van der Waals surface area contributed by atoms with Crippen LogP contribution in [0.4, 0.5) is 13.2 Å². The molecule has 1 atom stereocenters. The molecule has 0 spiro atoms. The number of rotatable bonds is 1. The lowest BCUT2D eigenvalue weighted by Gasteiger charge is -2.35. The Morgan fingerprint density at radius 3 is 2.21 bits per heavy atom. The van der Waals surface area contributed by atoms with Crippen LogP contribution >= 0.6 is 0 Å². The van der Waals surface area contributed by atoms with Crippen molar-refractivity contribution >= 4 is 0 Å². The number of hydrogen-bond donors (Lipinski definition) is 2. The summed E-state index contributed by atoms with van der Waals surface area (Å²) in [5.41, 5.74) is -1.66. The molecule has 1 rings (SSSR count). The molecular formula is C8H11F3N2O. The maximum Gasteiger partial charge on any atom is 0.415 e. The van der Waals surface area contributed by atoms with Crippen LogP contribution in [-0.2, 0) is 0 Å². The number of aliphatic hydroxyl groups is 1. The second-order valence-electron chi connectivity index (χ2n) is 3.46. The van der Waals surface area contributed by atoms with Gasteiger partial charge in [0.25, 0.3) is 0 Å². The highest BCUT2D eigenvalue weighted by atomic mass is 19.4. The van der Waals surface area contributed by atoms with Gasteiger partial charge in [0.05, 0.1) is 11.5 Å². The van der Waals surface area contributed by atoms with Crippen LogP contribution in [0, 0.1) is 16.7 Å². The Kier molecular flexibility index (Phi) is 3.02. The Balaban J connectivity index is 2.84. The zero-order valence-corrected chi connectivity index (χ0v) is 7.43. The smallest absolute Gasteiger partial charge is 0.382 e. The lowest BCUT2D eigenvalue weighted by Crippen LogP contribution is -2.50. The zero-order chi connectivity index (χ0) is 10.8. The summed E-state index contributed by atoms with van der Waals surface area (Å²) in [4.78, 5) is 0. The van der Waals surface area contributed by atoms with Gasteiger partial charge in [-0.1, -0.05) is 0 Å². The van der Waals surface area contributed by atoms with Crippen molar-refractivity contribution in [2.45, 2.75) is 25.1 Å². The van der Waals surface area contributed by atoms with Crippen LogP contribution in [-0.4, -0.2) is 30.5 Å². The van der Waals surface area contributed by atoms with Gasteiger partial charge in [0, 0.05) is 0 Å². The standard InChI is InChI=1S/C8H11F3N2O/c9-8(10,11)6(14)7(5-12)1-3-13-4-2-7/h6,13-14H,1-4H2. The minimum absolute atomic E-state index is 0.0319. The molecule has 1 fully saturated rings. The average molecular weight is 208 g/mol. The predicted molar refractivity (Wildman–Crippen MR) is 42.2 cm³/mol. The molecule has 1 aliphatic rings. The highest BCUT2D eigenvalue weighted by Crippen LogP contribution is 2.39. The Labute approximate surface area is 79.5 Å². The summed E-state index contributed by atoms with van der Waals surface area (Å²) in [7, 11) is 0. The van der Waals surface area contributed by atoms with Gasteiger partial charge >= 0.3 is 6.18 Å². The van der Waals surface area contributed by atoms with Crippen molar-refractivity contribution in [3.8, 4) is 6.07 Å². The molecule has 1 aliphatic heterocycles. The molecule has 1 heterocycles. The molecule has 0 bridgehead atoms. The Hall–Kier alpha value is -0.800. The van der Waals surface area contributed by atoms with Crippen LogP contribution in [0.25, 0.3) is 0 Å². The lowest BCUT2D eigenvalue weighted by atomic mass is 9.75. The first-order chi connectivity index (χ1) is 6.42. The second-order valence-corrected chi connectivity index (χ2v) is 3.46. The van der Waals surface area contributed by atoms with E-state index in [2.05, 4.69) is 5.32 Å². The van der Waals surface area contributed by atoms with Gasteiger partial charge in [0.1, 0.15) is 0 Å². The summed E-state index contributed by atoms with van der Waals surface area (Å²) in [6.07, 6.45) is -7.19. The van der Waals surface area contributed by atoms with E-state index in [0.717, 1.165) is 0 Å². The van der Waals surface area contributed by atoms with Crippen molar-refractivity contribution in [1.29, 1.82) is 5.26 Å². The van der Waals surface area contributed by atoms with Crippen molar-refractivity contribution in [3.05, 3.63) is 0 Å². The van der Waals surface area contributed by atoms with Gasteiger partial charge < -0.3 is 10.4 Å². The SMILES string of the molecule is N#CC1(C(O)C(F)(F)F)CCNCC1. The maximum absolute atomic E-state index is 12.2. The summed E-state index contributed by atoms with van der Waals surface area (Å²) in [5, 5.41) is 20.7. The van der Waals surface area contributed by atoms with Crippen molar-refractivity contribution < 1.29 is 18.3 Å². The van der Waals surface area contributed by atoms with Crippen molar-refractivity contribution in [2.75, 3.05) is 13.1 Å². The fourth-order valence-electron chi connectivity index (χ4n) is 1.63. The lowest BCUT2D eigenvalue weighted by molar-refractivity contribution is -0.233. The van der Waals surface area contributed by atoms with Crippen LogP contribution < -0.4 is 5.32 Å². The van der Waals surface area contributed by atoms with Crippen molar-refractivity contribution in [2.24, 2.45) is 5.41 Å². The van der Waals surface area contributed by atoms with Crippen molar-refractivity contribution in [3.63, 3.8) is 0 Å². The van der Waals surface area contributed by atoms with E-state index < -0.39 is 17.7 Å². The predicted octanol–water partition coefficient (Wildman–Crippen LogP) is 0.803. The normalized spacial score (nSPS) is 23.9. The Morgan fingerprint density at radius 2 is 1.86 bits per heavy atom. The van der Waals surface area contributed by atoms with Gasteiger partial charge in [-0.3, -0.25) is 0 Å². The van der Waals surface area contributed by atoms with Gasteiger partial charge in [0.2, 0.25) is 0 Å². The van der Waals surface area contributed by atoms with Gasteiger partial charge in [-0.15, -0.1) is 0 Å². The largest absolute Gasteiger partial charge is 0.415 e. The molecule has 14 heavy (non-hydrogen) atoms. The Bertz CT molecular complexity index is 240. The quantitative estimate of drug-likeness (QED) is 0.670. The van der Waals surface area contributed by atoms with Crippen LogP contribution in [0.15, 0.2) is 0 Å². The number of nitrogens with zero attached hydrogens (tertiary/aromatic N) is 1. The molecule has 0 radical (unpaired) electrons. The molecule has 0 amide bonds. The Morgan fingerprint density at radius 1 is 1.36 bits per heavy atom. The molecule has 80 valence electrons. The fourth-order valence-corrected chi connectivity index (χ4v) is 1.63. The van der Waals surface area contributed by atoms with Crippen LogP contribution in [0.2, 0.25) is 0 Å². The minimum Gasteiger partial charge on any atom is -0.382 e. The summed E-state index contributed by atoms with van der Waals surface area (Å²) >= 11 is 0. The average Bonchev–Trinajstić information content (AvgIpc) is 2.16. The van der Waals surface area contributed by atoms with Crippen LogP contribution in [0.5, 0.6) is 0 Å². The van der Waals surface area contributed by atoms with E-state index in [-0.39, 0.29) is 12.8 Å². The van der Waals surface area contributed by atoms with E-state index in [1.807, 2.05) is 0 Å². The molecule has 0 saturated carbocycles. The summed E-state index contributed by atoms with van der Waals surface area (Å²) in [6, 6.07) is 1.61. The number of halogens is 3. The van der Waals surface area contributed by atoms with Crippen LogP contribution in [0.3, 0.4) is 0 Å². The molecular weight excluding hydrogens is 197 g/mol. The number of aliphatic hydroxyl groups excluding tert-OH is 1. The fraction of sp³-hybridized carbons (Fsp3) is 0.875. The molecule has 0 aliphatic carbocycles. The minimum atomic E-state index is -4.72. The highest BCUT2D eigenvalue weighted by molar-refractivity contribution is 5.07.